The van der Waals surface area contributed by atoms with E-state index in [-0.39, 0.29) is 23.8 Å². The molecule has 3 aromatic rings. The lowest BCUT2D eigenvalue weighted by molar-refractivity contribution is -0.123. The highest BCUT2D eigenvalue weighted by Crippen LogP contribution is 2.38. The van der Waals surface area contributed by atoms with Crippen LogP contribution >= 0.6 is 0 Å². The predicted octanol–water partition coefficient (Wildman–Crippen LogP) is 3.66. The van der Waals surface area contributed by atoms with Gasteiger partial charge in [0.05, 0.1) is 17.8 Å². The van der Waals surface area contributed by atoms with Crippen molar-refractivity contribution in [3.8, 4) is 11.1 Å². The summed E-state index contributed by atoms with van der Waals surface area (Å²) in [6.45, 7) is 1.77. The molecule has 2 heterocycles. The molecule has 1 aromatic heterocycles. The van der Waals surface area contributed by atoms with E-state index in [4.69, 9.17) is 0 Å². The van der Waals surface area contributed by atoms with Gasteiger partial charge in [0, 0.05) is 5.56 Å². The lowest BCUT2D eigenvalue weighted by Gasteiger charge is -2.10. The van der Waals surface area contributed by atoms with E-state index >= 15 is 0 Å². The molecule has 8 heteroatoms. The lowest BCUT2D eigenvalue weighted by atomic mass is 10.1. The van der Waals surface area contributed by atoms with Crippen molar-refractivity contribution in [2.45, 2.75) is 19.4 Å². The number of anilines is 2. The van der Waals surface area contributed by atoms with Crippen molar-refractivity contribution in [1.82, 2.24) is 9.78 Å². The number of para-hydroxylation sites is 1. The van der Waals surface area contributed by atoms with Crippen LogP contribution in [0.15, 0.2) is 48.5 Å². The van der Waals surface area contributed by atoms with E-state index in [1.54, 1.807) is 25.1 Å². The molecule has 0 aliphatic carbocycles. The maximum Gasteiger partial charge on any atom is 0.251 e. The summed E-state index contributed by atoms with van der Waals surface area (Å²) in [5, 5.41) is 9.60. The zero-order valence-electron chi connectivity index (χ0n) is 14.9. The maximum atomic E-state index is 13.7. The second-order valence-corrected chi connectivity index (χ2v) is 6.50. The molecule has 0 bridgehead atoms. The van der Waals surface area contributed by atoms with Crippen LogP contribution in [0, 0.1) is 18.6 Å². The summed E-state index contributed by atoms with van der Waals surface area (Å²) in [5.41, 5.74) is 2.07. The van der Waals surface area contributed by atoms with Crippen molar-refractivity contribution in [1.29, 1.82) is 0 Å². The van der Waals surface area contributed by atoms with Gasteiger partial charge in [0.2, 0.25) is 5.91 Å². The molecule has 0 spiro atoms. The third-order valence-corrected chi connectivity index (χ3v) is 4.58. The van der Waals surface area contributed by atoms with Crippen LogP contribution in [0.5, 0.6) is 0 Å². The van der Waals surface area contributed by atoms with E-state index in [0.29, 0.717) is 22.6 Å². The van der Waals surface area contributed by atoms with Crippen molar-refractivity contribution < 1.29 is 18.4 Å². The largest absolute Gasteiger partial charge is 0.324 e. The van der Waals surface area contributed by atoms with Crippen molar-refractivity contribution in [3.63, 3.8) is 0 Å². The van der Waals surface area contributed by atoms with Crippen LogP contribution in [0.25, 0.3) is 11.1 Å². The Bertz CT molecular complexity index is 1080. The van der Waals surface area contributed by atoms with Gasteiger partial charge in [-0.2, -0.15) is 5.10 Å². The molecule has 1 atom stereocenters. The van der Waals surface area contributed by atoms with Gasteiger partial charge in [0.25, 0.3) is 5.91 Å². The number of aromatic nitrogens is 2. The smallest absolute Gasteiger partial charge is 0.251 e. The molecule has 4 rings (SSSR count). The second kappa shape index (κ2) is 6.88. The van der Waals surface area contributed by atoms with Crippen LogP contribution in [-0.2, 0) is 9.59 Å². The number of nitrogens with one attached hydrogen (secondary N) is 2. The first kappa shape index (κ1) is 17.8. The molecule has 2 aromatic carbocycles. The Kier molecular flexibility index (Phi) is 4.38. The number of hydrogen-bond acceptors (Lipinski definition) is 3. The number of halogens is 2. The number of amides is 2. The Morgan fingerprint density at radius 3 is 2.61 bits per heavy atom. The Morgan fingerprint density at radius 1 is 1.18 bits per heavy atom. The molecule has 1 unspecified atom stereocenters. The molecule has 0 saturated carbocycles. The Labute approximate surface area is 159 Å². The van der Waals surface area contributed by atoms with Crippen molar-refractivity contribution >= 4 is 23.3 Å². The van der Waals surface area contributed by atoms with Crippen LogP contribution in [0.3, 0.4) is 0 Å². The number of nitrogens with zero attached hydrogens (tertiary/aromatic N) is 2. The summed E-state index contributed by atoms with van der Waals surface area (Å²) >= 11 is 0. The quantitative estimate of drug-likeness (QED) is 0.723. The number of carbonyl (C=O) groups excluding carboxylic acids is 2. The normalized spacial score (nSPS) is 15.2. The number of rotatable bonds is 4. The number of aryl methyl sites for hydroxylation is 1. The first-order valence-electron chi connectivity index (χ1n) is 8.64. The molecule has 28 heavy (non-hydrogen) atoms. The number of benzene rings is 2. The summed E-state index contributed by atoms with van der Waals surface area (Å²) in [4.78, 5) is 24.7. The van der Waals surface area contributed by atoms with Gasteiger partial charge < -0.3 is 10.6 Å². The Balaban J connectivity index is 1.59. The molecule has 2 amide bonds. The standard InChI is InChI=1S/C20H16F2N4O2/c1-11-18(12-6-8-13(21)9-7-12)19-24-20(28)16(26(19)25-11)10-17(27)23-15-5-3-2-4-14(15)22/h2-9,16H,10H2,1H3,(H,23,27)(H,24,28). The van der Waals surface area contributed by atoms with E-state index in [1.807, 2.05) is 0 Å². The summed E-state index contributed by atoms with van der Waals surface area (Å²) in [6, 6.07) is 10.8. The summed E-state index contributed by atoms with van der Waals surface area (Å²) in [7, 11) is 0. The van der Waals surface area contributed by atoms with Crippen molar-refractivity contribution in [2.75, 3.05) is 10.6 Å². The molecular formula is C20H16F2N4O2. The summed E-state index contributed by atoms with van der Waals surface area (Å²) in [6.07, 6.45) is -0.197. The van der Waals surface area contributed by atoms with Gasteiger partial charge in [0.1, 0.15) is 23.5 Å². The van der Waals surface area contributed by atoms with E-state index in [9.17, 15) is 18.4 Å². The van der Waals surface area contributed by atoms with Gasteiger partial charge in [-0.3, -0.25) is 9.59 Å². The minimum atomic E-state index is -0.852. The van der Waals surface area contributed by atoms with Crippen molar-refractivity contribution in [3.05, 3.63) is 65.9 Å². The molecule has 1 aliphatic heterocycles. The monoisotopic (exact) mass is 382 g/mol. The van der Waals surface area contributed by atoms with E-state index in [2.05, 4.69) is 15.7 Å². The predicted molar refractivity (Wildman–Crippen MR) is 99.7 cm³/mol. The zero-order chi connectivity index (χ0) is 19.8. The average Bonchev–Trinajstić information content (AvgIpc) is 3.12. The van der Waals surface area contributed by atoms with Gasteiger partial charge in [0.15, 0.2) is 0 Å². The fourth-order valence-corrected chi connectivity index (χ4v) is 3.28. The molecule has 0 fully saturated rings. The third-order valence-electron chi connectivity index (χ3n) is 4.58. The first-order valence-corrected chi connectivity index (χ1v) is 8.64. The molecule has 0 radical (unpaired) electrons. The fourth-order valence-electron chi connectivity index (χ4n) is 3.28. The van der Waals surface area contributed by atoms with Crippen molar-refractivity contribution in [2.24, 2.45) is 0 Å². The highest BCUT2D eigenvalue weighted by Gasteiger charge is 2.36. The lowest BCUT2D eigenvalue weighted by Crippen LogP contribution is -2.24. The van der Waals surface area contributed by atoms with Gasteiger partial charge in [-0.05, 0) is 36.8 Å². The van der Waals surface area contributed by atoms with Gasteiger partial charge in [-0.15, -0.1) is 0 Å². The Morgan fingerprint density at radius 2 is 1.89 bits per heavy atom. The molecule has 6 nitrogen and oxygen atoms in total. The summed E-state index contributed by atoms with van der Waals surface area (Å²) in [5.74, 6) is -1.35. The minimum absolute atomic E-state index is 0.0507. The molecule has 142 valence electrons. The van der Waals surface area contributed by atoms with Gasteiger partial charge in [-0.25, -0.2) is 13.5 Å². The topological polar surface area (TPSA) is 76.0 Å². The van der Waals surface area contributed by atoms with E-state index < -0.39 is 17.8 Å². The number of hydrogen-bond donors (Lipinski definition) is 2. The maximum absolute atomic E-state index is 13.7. The van der Waals surface area contributed by atoms with Crippen LogP contribution < -0.4 is 10.6 Å². The summed E-state index contributed by atoms with van der Waals surface area (Å²) < 4.78 is 28.4. The zero-order valence-corrected chi connectivity index (χ0v) is 14.9. The molecule has 0 saturated heterocycles. The van der Waals surface area contributed by atoms with Crippen LogP contribution in [0.1, 0.15) is 18.2 Å². The average molecular weight is 382 g/mol. The van der Waals surface area contributed by atoms with Crippen LogP contribution in [-0.4, -0.2) is 21.6 Å². The van der Waals surface area contributed by atoms with Crippen LogP contribution in [0.2, 0.25) is 0 Å². The fraction of sp³-hybridized carbons (Fsp3) is 0.150. The second-order valence-electron chi connectivity index (χ2n) is 6.50. The highest BCUT2D eigenvalue weighted by atomic mass is 19.1. The SMILES string of the molecule is Cc1nn2c(c1-c1ccc(F)cc1)NC(=O)C2CC(=O)Nc1ccccc1F. The van der Waals surface area contributed by atoms with E-state index in [1.165, 1.54) is 35.0 Å². The molecule has 1 aliphatic rings. The van der Waals surface area contributed by atoms with E-state index in [0.717, 1.165) is 0 Å². The van der Waals surface area contributed by atoms with Gasteiger partial charge >= 0.3 is 0 Å². The highest BCUT2D eigenvalue weighted by molar-refractivity contribution is 6.04. The molecule has 2 N–H and O–H groups in total. The van der Waals surface area contributed by atoms with Gasteiger partial charge in [-0.1, -0.05) is 24.3 Å². The first-order chi connectivity index (χ1) is 13.4. The molecular weight excluding hydrogens is 366 g/mol. The minimum Gasteiger partial charge on any atom is -0.324 e. The number of fused-ring (bicyclic) bond motifs is 1. The number of carbonyl (C=O) groups is 2. The third kappa shape index (κ3) is 3.13. The van der Waals surface area contributed by atoms with Crippen LogP contribution in [0.4, 0.5) is 20.3 Å². The Hall–Kier alpha value is -3.55.